The highest BCUT2D eigenvalue weighted by molar-refractivity contribution is 5.25. The largest absolute Gasteiger partial charge is 0.396 e. The topological polar surface area (TPSA) is 40.5 Å². The molecule has 0 aliphatic heterocycles. The van der Waals surface area contributed by atoms with Crippen LogP contribution in [0, 0.1) is 11.3 Å². The molecule has 2 heteroatoms. The Morgan fingerprint density at radius 3 is 1.78 bits per heavy atom. The van der Waals surface area contributed by atoms with Crippen LogP contribution in [-0.2, 0) is 6.42 Å². The Bertz CT molecular complexity index is 348. The highest BCUT2D eigenvalue weighted by Gasteiger charge is 2.32. The zero-order valence-electron chi connectivity index (χ0n) is 12.0. The number of benzene rings is 1. The lowest BCUT2D eigenvalue weighted by Gasteiger charge is -2.34. The second kappa shape index (κ2) is 6.35. The Labute approximate surface area is 111 Å². The van der Waals surface area contributed by atoms with Gasteiger partial charge in [0.05, 0.1) is 13.2 Å². The molecule has 0 radical (unpaired) electrons. The first kappa shape index (κ1) is 15.2. The third-order valence-corrected chi connectivity index (χ3v) is 4.06. The van der Waals surface area contributed by atoms with Crippen molar-refractivity contribution in [2.45, 2.75) is 40.0 Å². The molecule has 2 nitrogen and oxygen atoms in total. The van der Waals surface area contributed by atoms with Crippen LogP contribution >= 0.6 is 0 Å². The van der Waals surface area contributed by atoms with Crippen LogP contribution < -0.4 is 0 Å². The molecule has 0 spiro atoms. The zero-order valence-corrected chi connectivity index (χ0v) is 12.0. The Balaban J connectivity index is 2.88. The van der Waals surface area contributed by atoms with Crippen LogP contribution in [0.4, 0.5) is 0 Å². The summed E-state index contributed by atoms with van der Waals surface area (Å²) in [4.78, 5) is 0. The fraction of sp³-hybridized carbons (Fsp3) is 0.625. The molecule has 0 aromatic heterocycles. The maximum absolute atomic E-state index is 9.59. The average molecular weight is 250 g/mol. The summed E-state index contributed by atoms with van der Waals surface area (Å²) in [6.45, 7) is 8.49. The van der Waals surface area contributed by atoms with E-state index >= 15 is 0 Å². The smallest absolute Gasteiger partial charge is 0.0515 e. The van der Waals surface area contributed by atoms with Crippen molar-refractivity contribution in [2.24, 2.45) is 11.3 Å². The molecule has 0 bridgehead atoms. The number of rotatable bonds is 6. The molecule has 0 saturated heterocycles. The molecule has 0 heterocycles. The predicted octanol–water partition coefficient (Wildman–Crippen LogP) is 2.98. The van der Waals surface area contributed by atoms with Crippen molar-refractivity contribution in [3.63, 3.8) is 0 Å². The molecule has 18 heavy (non-hydrogen) atoms. The first-order valence-electron chi connectivity index (χ1n) is 6.75. The Morgan fingerprint density at radius 1 is 0.944 bits per heavy atom. The van der Waals surface area contributed by atoms with Gasteiger partial charge in [-0.1, -0.05) is 52.0 Å². The average Bonchev–Trinajstić information content (AvgIpc) is 2.36. The molecule has 0 aliphatic carbocycles. The summed E-state index contributed by atoms with van der Waals surface area (Å²) in [7, 11) is 0. The maximum atomic E-state index is 9.59. The van der Waals surface area contributed by atoms with Gasteiger partial charge in [0.1, 0.15) is 0 Å². The van der Waals surface area contributed by atoms with Crippen molar-refractivity contribution in [3.8, 4) is 0 Å². The second-order valence-corrected chi connectivity index (χ2v) is 5.91. The van der Waals surface area contributed by atoms with Gasteiger partial charge in [0.25, 0.3) is 0 Å². The monoisotopic (exact) mass is 250 g/mol. The molecule has 0 amide bonds. The summed E-state index contributed by atoms with van der Waals surface area (Å²) < 4.78 is 0. The van der Waals surface area contributed by atoms with Crippen LogP contribution in [0.2, 0.25) is 0 Å². The summed E-state index contributed by atoms with van der Waals surface area (Å²) in [6, 6.07) is 8.50. The lowest BCUT2D eigenvalue weighted by Crippen LogP contribution is -2.37. The van der Waals surface area contributed by atoms with Crippen LogP contribution in [0.25, 0.3) is 0 Å². The lowest BCUT2D eigenvalue weighted by molar-refractivity contribution is 0.0163. The van der Waals surface area contributed by atoms with E-state index in [1.807, 2.05) is 0 Å². The zero-order chi connectivity index (χ0) is 13.8. The summed E-state index contributed by atoms with van der Waals surface area (Å²) in [5.41, 5.74) is 2.08. The minimum atomic E-state index is -0.417. The van der Waals surface area contributed by atoms with E-state index in [0.717, 1.165) is 6.42 Å². The van der Waals surface area contributed by atoms with E-state index in [0.29, 0.717) is 5.92 Å². The maximum Gasteiger partial charge on any atom is 0.0515 e. The van der Waals surface area contributed by atoms with Crippen LogP contribution in [-0.4, -0.2) is 23.4 Å². The number of hydrogen-bond donors (Lipinski definition) is 2. The van der Waals surface area contributed by atoms with Gasteiger partial charge in [0, 0.05) is 5.41 Å². The van der Waals surface area contributed by atoms with Gasteiger partial charge >= 0.3 is 0 Å². The van der Waals surface area contributed by atoms with Crippen molar-refractivity contribution < 1.29 is 10.2 Å². The molecular weight excluding hydrogens is 224 g/mol. The summed E-state index contributed by atoms with van der Waals surface area (Å²) in [6.07, 6.45) is 0.718. The first-order chi connectivity index (χ1) is 8.45. The molecule has 0 saturated carbocycles. The van der Waals surface area contributed by atoms with Gasteiger partial charge in [-0.15, -0.1) is 0 Å². The molecule has 0 unspecified atom stereocenters. The van der Waals surface area contributed by atoms with Gasteiger partial charge < -0.3 is 10.2 Å². The minimum Gasteiger partial charge on any atom is -0.396 e. The van der Waals surface area contributed by atoms with Crippen LogP contribution in [0.5, 0.6) is 0 Å². The van der Waals surface area contributed by atoms with Crippen LogP contribution in [0.15, 0.2) is 24.3 Å². The summed E-state index contributed by atoms with van der Waals surface area (Å²) in [5.74, 6) is 0.780. The number of aliphatic hydroxyl groups excluding tert-OH is 2. The minimum absolute atomic E-state index is 0.0209. The van der Waals surface area contributed by atoms with Gasteiger partial charge in [-0.05, 0) is 29.4 Å². The van der Waals surface area contributed by atoms with E-state index in [2.05, 4.69) is 52.0 Å². The van der Waals surface area contributed by atoms with Crippen molar-refractivity contribution in [1.29, 1.82) is 0 Å². The molecule has 2 N–H and O–H groups in total. The first-order valence-corrected chi connectivity index (χ1v) is 6.75. The molecule has 0 aliphatic rings. The summed E-state index contributed by atoms with van der Waals surface area (Å²) in [5, 5.41) is 19.2. The highest BCUT2D eigenvalue weighted by atomic mass is 16.3. The molecular formula is C16H26O2. The van der Waals surface area contributed by atoms with Gasteiger partial charge in [0.15, 0.2) is 0 Å². The molecule has 1 aromatic carbocycles. The number of hydrogen-bond acceptors (Lipinski definition) is 2. The van der Waals surface area contributed by atoms with Crippen molar-refractivity contribution in [2.75, 3.05) is 13.2 Å². The van der Waals surface area contributed by atoms with E-state index in [9.17, 15) is 10.2 Å². The van der Waals surface area contributed by atoms with Gasteiger partial charge in [-0.2, -0.15) is 0 Å². The normalized spacial score (nSPS) is 12.4. The molecule has 0 fully saturated rings. The predicted molar refractivity (Wildman–Crippen MR) is 75.7 cm³/mol. The standard InChI is InChI=1S/C16H26O2/c1-12(2)15-7-5-14(6-8-15)9-16(10-17,11-18)13(3)4/h5-8,12-13,17-18H,9-11H2,1-4H3. The van der Waals surface area contributed by atoms with Crippen molar-refractivity contribution >= 4 is 0 Å². The summed E-state index contributed by atoms with van der Waals surface area (Å²) >= 11 is 0. The van der Waals surface area contributed by atoms with Crippen LogP contribution in [0.3, 0.4) is 0 Å². The van der Waals surface area contributed by atoms with E-state index in [4.69, 9.17) is 0 Å². The SMILES string of the molecule is CC(C)c1ccc(CC(CO)(CO)C(C)C)cc1. The van der Waals surface area contributed by atoms with Gasteiger partial charge in [-0.3, -0.25) is 0 Å². The van der Waals surface area contributed by atoms with Gasteiger partial charge in [-0.25, -0.2) is 0 Å². The Hall–Kier alpha value is -0.860. The van der Waals surface area contributed by atoms with E-state index < -0.39 is 5.41 Å². The quantitative estimate of drug-likeness (QED) is 0.815. The molecule has 1 rings (SSSR count). The Kier molecular flexibility index (Phi) is 5.36. The van der Waals surface area contributed by atoms with E-state index in [-0.39, 0.29) is 19.1 Å². The molecule has 1 aromatic rings. The third kappa shape index (κ3) is 3.33. The van der Waals surface area contributed by atoms with E-state index in [1.54, 1.807) is 0 Å². The Morgan fingerprint density at radius 2 is 1.44 bits per heavy atom. The van der Waals surface area contributed by atoms with Gasteiger partial charge in [0.2, 0.25) is 0 Å². The van der Waals surface area contributed by atoms with E-state index in [1.165, 1.54) is 11.1 Å². The highest BCUT2D eigenvalue weighted by Crippen LogP contribution is 2.31. The fourth-order valence-electron chi connectivity index (χ4n) is 2.16. The molecule has 0 atom stereocenters. The fourth-order valence-corrected chi connectivity index (χ4v) is 2.16. The van der Waals surface area contributed by atoms with Crippen molar-refractivity contribution in [3.05, 3.63) is 35.4 Å². The molecule has 102 valence electrons. The lowest BCUT2D eigenvalue weighted by atomic mass is 9.74. The van der Waals surface area contributed by atoms with Crippen LogP contribution in [0.1, 0.15) is 44.7 Å². The third-order valence-electron chi connectivity index (χ3n) is 4.06. The number of aliphatic hydroxyl groups is 2. The van der Waals surface area contributed by atoms with Crippen molar-refractivity contribution in [1.82, 2.24) is 0 Å². The second-order valence-electron chi connectivity index (χ2n) is 5.91.